The highest BCUT2D eigenvalue weighted by atomic mass is 32.2. The Labute approximate surface area is 174 Å². The summed E-state index contributed by atoms with van der Waals surface area (Å²) in [6, 6.07) is 10.7. The van der Waals surface area contributed by atoms with Gasteiger partial charge < -0.3 is 9.67 Å². The van der Waals surface area contributed by atoms with Gasteiger partial charge in [0.15, 0.2) is 0 Å². The Bertz CT molecular complexity index is 1160. The van der Waals surface area contributed by atoms with E-state index in [1.54, 1.807) is 41.8 Å². The Morgan fingerprint density at radius 1 is 1.17 bits per heavy atom. The number of sulfonamides is 1. The Morgan fingerprint density at radius 3 is 2.47 bits per heavy atom. The maximum Gasteiger partial charge on any atom is 0.323 e. The van der Waals surface area contributed by atoms with Crippen molar-refractivity contribution in [2.45, 2.75) is 39.8 Å². The van der Waals surface area contributed by atoms with Crippen LogP contribution in [0, 0.1) is 5.82 Å². The van der Waals surface area contributed by atoms with E-state index in [0.29, 0.717) is 34.5 Å². The van der Waals surface area contributed by atoms with Crippen LogP contribution < -0.4 is 4.31 Å². The van der Waals surface area contributed by atoms with E-state index < -0.39 is 21.8 Å². The minimum Gasteiger partial charge on any atom is -0.480 e. The molecule has 0 saturated heterocycles. The lowest BCUT2D eigenvalue weighted by atomic mass is 10.2. The number of carboxylic acids is 1. The van der Waals surface area contributed by atoms with Crippen LogP contribution in [0.25, 0.3) is 11.0 Å². The number of benzene rings is 2. The third kappa shape index (κ3) is 4.62. The molecule has 0 aliphatic heterocycles. The van der Waals surface area contributed by atoms with E-state index >= 15 is 0 Å². The van der Waals surface area contributed by atoms with Crippen molar-refractivity contribution in [1.29, 1.82) is 0 Å². The second kappa shape index (κ2) is 8.83. The van der Waals surface area contributed by atoms with Gasteiger partial charge in [0, 0.05) is 6.42 Å². The molecule has 2 aromatic carbocycles. The maximum absolute atomic E-state index is 13.2. The van der Waals surface area contributed by atoms with Crippen molar-refractivity contribution < 1.29 is 22.7 Å². The molecule has 0 fully saturated rings. The van der Waals surface area contributed by atoms with Gasteiger partial charge in [-0.2, -0.15) is 0 Å². The number of halogens is 1. The van der Waals surface area contributed by atoms with E-state index in [-0.39, 0.29) is 18.8 Å². The van der Waals surface area contributed by atoms with Crippen molar-refractivity contribution >= 4 is 32.7 Å². The SMILES string of the molecule is CCCc1nc2cc(N(Cc3ccc(F)cc3)S(=O)(=O)CC)ccc2n1CC(=O)O. The summed E-state index contributed by atoms with van der Waals surface area (Å²) >= 11 is 0. The molecule has 0 amide bonds. The molecule has 3 aromatic rings. The maximum atomic E-state index is 13.2. The fourth-order valence-electron chi connectivity index (χ4n) is 3.31. The summed E-state index contributed by atoms with van der Waals surface area (Å²) in [6.07, 6.45) is 1.42. The molecule has 3 rings (SSSR count). The Hall–Kier alpha value is -2.94. The molecular formula is C21H24FN3O4S. The highest BCUT2D eigenvalue weighted by Gasteiger charge is 2.23. The number of fused-ring (bicyclic) bond motifs is 1. The number of carbonyl (C=O) groups is 1. The van der Waals surface area contributed by atoms with Gasteiger partial charge in [-0.25, -0.2) is 17.8 Å². The van der Waals surface area contributed by atoms with Gasteiger partial charge in [0.25, 0.3) is 0 Å². The molecule has 30 heavy (non-hydrogen) atoms. The first-order chi connectivity index (χ1) is 14.2. The molecular weight excluding hydrogens is 409 g/mol. The lowest BCUT2D eigenvalue weighted by Gasteiger charge is -2.24. The average molecular weight is 434 g/mol. The summed E-state index contributed by atoms with van der Waals surface area (Å²) < 4.78 is 41.7. The van der Waals surface area contributed by atoms with E-state index in [1.807, 2.05) is 6.92 Å². The van der Waals surface area contributed by atoms with E-state index in [0.717, 1.165) is 6.42 Å². The second-order valence-corrected chi connectivity index (χ2v) is 9.15. The van der Waals surface area contributed by atoms with Crippen LogP contribution in [0.1, 0.15) is 31.7 Å². The second-order valence-electron chi connectivity index (χ2n) is 6.96. The Balaban J connectivity index is 2.07. The molecule has 0 atom stereocenters. The Morgan fingerprint density at radius 2 is 1.87 bits per heavy atom. The lowest BCUT2D eigenvalue weighted by Crippen LogP contribution is -2.31. The summed E-state index contributed by atoms with van der Waals surface area (Å²) in [7, 11) is -3.61. The number of nitrogens with zero attached hydrogens (tertiary/aromatic N) is 3. The predicted octanol–water partition coefficient (Wildman–Crippen LogP) is 3.57. The van der Waals surface area contributed by atoms with Crippen molar-refractivity contribution in [2.75, 3.05) is 10.1 Å². The van der Waals surface area contributed by atoms with Crippen LogP contribution in [0.4, 0.5) is 10.1 Å². The van der Waals surface area contributed by atoms with Gasteiger partial charge in [0.1, 0.15) is 18.2 Å². The quantitative estimate of drug-likeness (QED) is 0.557. The van der Waals surface area contributed by atoms with Crippen LogP contribution in [0.2, 0.25) is 0 Å². The van der Waals surface area contributed by atoms with Gasteiger partial charge in [-0.05, 0) is 49.2 Å². The molecule has 0 radical (unpaired) electrons. The zero-order chi connectivity index (χ0) is 21.9. The summed E-state index contributed by atoms with van der Waals surface area (Å²) in [5, 5.41) is 9.24. The van der Waals surface area contributed by atoms with E-state index in [1.165, 1.54) is 16.4 Å². The third-order valence-electron chi connectivity index (χ3n) is 4.81. The first-order valence-corrected chi connectivity index (χ1v) is 11.3. The molecule has 1 aromatic heterocycles. The zero-order valence-corrected chi connectivity index (χ0v) is 17.7. The molecule has 7 nitrogen and oxygen atoms in total. The van der Waals surface area contributed by atoms with Gasteiger partial charge in [0.05, 0.1) is 29.0 Å². The molecule has 0 bridgehead atoms. The smallest absolute Gasteiger partial charge is 0.323 e. The number of aryl methyl sites for hydroxylation is 1. The van der Waals surface area contributed by atoms with Crippen LogP contribution >= 0.6 is 0 Å². The van der Waals surface area contributed by atoms with Gasteiger partial charge in [-0.1, -0.05) is 19.1 Å². The monoisotopic (exact) mass is 433 g/mol. The van der Waals surface area contributed by atoms with Crippen molar-refractivity contribution in [3.63, 3.8) is 0 Å². The number of carboxylic acid groups (broad SMARTS) is 1. The van der Waals surface area contributed by atoms with Crippen molar-refractivity contribution in [3.05, 3.63) is 59.7 Å². The number of rotatable bonds is 9. The zero-order valence-electron chi connectivity index (χ0n) is 16.9. The standard InChI is InChI=1S/C21H24FN3O4S/c1-3-5-20-23-18-12-17(10-11-19(18)24(20)14-21(26)27)25(30(28,29)4-2)13-15-6-8-16(22)9-7-15/h6-12H,3-5,13-14H2,1-2H3,(H,26,27). The van der Waals surface area contributed by atoms with E-state index in [4.69, 9.17) is 0 Å². The molecule has 9 heteroatoms. The van der Waals surface area contributed by atoms with Gasteiger partial charge >= 0.3 is 5.97 Å². The van der Waals surface area contributed by atoms with Crippen molar-refractivity contribution in [1.82, 2.24) is 9.55 Å². The molecule has 0 spiro atoms. The number of anilines is 1. The number of aromatic nitrogens is 2. The fraction of sp³-hybridized carbons (Fsp3) is 0.333. The van der Waals surface area contributed by atoms with Crippen LogP contribution in [0.5, 0.6) is 0 Å². The Kier molecular flexibility index (Phi) is 6.40. The van der Waals surface area contributed by atoms with Gasteiger partial charge in [-0.3, -0.25) is 9.10 Å². The molecule has 0 aliphatic carbocycles. The number of imidazole rings is 1. The first kappa shape index (κ1) is 21.8. The van der Waals surface area contributed by atoms with Crippen LogP contribution in [0.15, 0.2) is 42.5 Å². The first-order valence-electron chi connectivity index (χ1n) is 9.71. The average Bonchev–Trinajstić information content (AvgIpc) is 3.03. The number of aliphatic carboxylic acids is 1. The van der Waals surface area contributed by atoms with Crippen molar-refractivity contribution in [2.24, 2.45) is 0 Å². The molecule has 0 unspecified atom stereocenters. The van der Waals surface area contributed by atoms with E-state index in [9.17, 15) is 22.7 Å². The number of hydrogen-bond acceptors (Lipinski definition) is 4. The largest absolute Gasteiger partial charge is 0.480 e. The van der Waals surface area contributed by atoms with Crippen molar-refractivity contribution in [3.8, 4) is 0 Å². The van der Waals surface area contributed by atoms with Crippen LogP contribution in [-0.2, 0) is 34.3 Å². The fourth-order valence-corrected chi connectivity index (χ4v) is 4.40. The minimum atomic E-state index is -3.61. The van der Waals surface area contributed by atoms with Crippen LogP contribution in [-0.4, -0.2) is 34.8 Å². The minimum absolute atomic E-state index is 0.0552. The summed E-state index contributed by atoms with van der Waals surface area (Å²) in [6.45, 7) is 3.39. The lowest BCUT2D eigenvalue weighted by molar-refractivity contribution is -0.137. The summed E-state index contributed by atoms with van der Waals surface area (Å²) in [5.74, 6) is -0.809. The highest BCUT2D eigenvalue weighted by Crippen LogP contribution is 2.27. The summed E-state index contributed by atoms with van der Waals surface area (Å²) in [5.41, 5.74) is 2.25. The molecule has 160 valence electrons. The molecule has 1 N–H and O–H groups in total. The van der Waals surface area contributed by atoms with Gasteiger partial charge in [0.2, 0.25) is 10.0 Å². The predicted molar refractivity (Wildman–Crippen MR) is 113 cm³/mol. The van der Waals surface area contributed by atoms with Gasteiger partial charge in [-0.15, -0.1) is 0 Å². The highest BCUT2D eigenvalue weighted by molar-refractivity contribution is 7.92. The molecule has 0 saturated carbocycles. The topological polar surface area (TPSA) is 92.5 Å². The van der Waals surface area contributed by atoms with Crippen LogP contribution in [0.3, 0.4) is 0 Å². The molecule has 1 heterocycles. The van der Waals surface area contributed by atoms with E-state index in [2.05, 4.69) is 4.98 Å². The third-order valence-corrected chi connectivity index (χ3v) is 6.55. The summed E-state index contributed by atoms with van der Waals surface area (Å²) in [4.78, 5) is 15.8. The normalized spacial score (nSPS) is 11.7. The number of hydrogen-bond donors (Lipinski definition) is 1. The molecule has 0 aliphatic rings.